The number of methoxy groups -OCH3 is 1. The Morgan fingerprint density at radius 2 is 2.00 bits per heavy atom. The van der Waals surface area contributed by atoms with Gasteiger partial charge in [0.1, 0.15) is 0 Å². The number of hydrogen-bond acceptors (Lipinski definition) is 5. The van der Waals surface area contributed by atoms with E-state index in [1.54, 1.807) is 0 Å². The van der Waals surface area contributed by atoms with Crippen LogP contribution in [0.15, 0.2) is 0 Å². The summed E-state index contributed by atoms with van der Waals surface area (Å²) >= 11 is 0. The van der Waals surface area contributed by atoms with Gasteiger partial charge in [-0.1, -0.05) is 0 Å². The maximum Gasteiger partial charge on any atom is 0.356 e. The quantitative estimate of drug-likeness (QED) is 0.478. The van der Waals surface area contributed by atoms with Gasteiger partial charge in [-0.2, -0.15) is 8.42 Å². The van der Waals surface area contributed by atoms with Crippen LogP contribution >= 0.6 is 10.7 Å². The molecule has 0 rings (SSSR count). The highest BCUT2D eigenvalue weighted by Gasteiger charge is 2.20. The van der Waals surface area contributed by atoms with Gasteiger partial charge in [0.05, 0.1) is 7.11 Å². The van der Waals surface area contributed by atoms with Crippen molar-refractivity contribution in [1.82, 2.24) is 0 Å². The van der Waals surface area contributed by atoms with E-state index in [2.05, 4.69) is 19.6 Å². The molecule has 0 N–H and O–H groups in total. The molecular formula is C4H7ClO5S. The minimum atomic E-state index is -4.11. The maximum absolute atomic E-state index is 10.5. The monoisotopic (exact) mass is 202 g/mol. The Morgan fingerprint density at radius 3 is 2.27 bits per heavy atom. The van der Waals surface area contributed by atoms with E-state index in [9.17, 15) is 13.2 Å². The fourth-order valence-corrected chi connectivity index (χ4v) is 1.13. The van der Waals surface area contributed by atoms with E-state index in [4.69, 9.17) is 0 Å². The minimum absolute atomic E-state index is 0.797. The van der Waals surface area contributed by atoms with Crippen molar-refractivity contribution in [2.45, 2.75) is 13.0 Å². The normalized spacial score (nSPS) is 14.1. The summed E-state index contributed by atoms with van der Waals surface area (Å²) in [5.74, 6) is -0.797. The topological polar surface area (TPSA) is 69.7 Å². The molecular weight excluding hydrogens is 196 g/mol. The zero-order valence-electron chi connectivity index (χ0n) is 5.90. The Morgan fingerprint density at radius 1 is 1.55 bits per heavy atom. The molecule has 7 heteroatoms. The molecule has 1 atom stereocenters. The fourth-order valence-electron chi connectivity index (χ4n) is 0.378. The van der Waals surface area contributed by atoms with Gasteiger partial charge in [0.2, 0.25) is 0 Å². The molecule has 11 heavy (non-hydrogen) atoms. The third-order valence-electron chi connectivity index (χ3n) is 0.792. The Bertz CT molecular complexity index is 233. The second kappa shape index (κ2) is 3.89. The van der Waals surface area contributed by atoms with Gasteiger partial charge in [0, 0.05) is 10.7 Å². The summed E-state index contributed by atoms with van der Waals surface area (Å²) in [6.45, 7) is 1.21. The summed E-state index contributed by atoms with van der Waals surface area (Å²) in [5.41, 5.74) is 0. The molecule has 66 valence electrons. The van der Waals surface area contributed by atoms with Crippen LogP contribution in [-0.4, -0.2) is 27.6 Å². The van der Waals surface area contributed by atoms with Gasteiger partial charge in [0.15, 0.2) is 6.10 Å². The lowest BCUT2D eigenvalue weighted by Gasteiger charge is -2.05. The molecule has 0 aliphatic heterocycles. The number of ether oxygens (including phenoxy) is 1. The van der Waals surface area contributed by atoms with Crippen molar-refractivity contribution >= 4 is 26.0 Å². The van der Waals surface area contributed by atoms with E-state index in [0.29, 0.717) is 0 Å². The molecule has 0 aromatic carbocycles. The van der Waals surface area contributed by atoms with Gasteiger partial charge >= 0.3 is 15.3 Å². The molecule has 0 fully saturated rings. The summed E-state index contributed by atoms with van der Waals surface area (Å²) in [6.07, 6.45) is -1.21. The lowest BCUT2D eigenvalue weighted by Crippen LogP contribution is -2.23. The van der Waals surface area contributed by atoms with Crippen LogP contribution in [0.2, 0.25) is 0 Å². The summed E-state index contributed by atoms with van der Waals surface area (Å²) in [6, 6.07) is 0. The van der Waals surface area contributed by atoms with Crippen molar-refractivity contribution in [3.05, 3.63) is 0 Å². The van der Waals surface area contributed by atoms with Crippen LogP contribution in [-0.2, 0) is 23.0 Å². The zero-order chi connectivity index (χ0) is 9.07. The Hall–Kier alpha value is -0.330. The second-order valence-electron chi connectivity index (χ2n) is 1.65. The van der Waals surface area contributed by atoms with Crippen molar-refractivity contribution < 1.29 is 22.1 Å². The standard InChI is InChI=1S/C4H7ClO5S/c1-3(4(6)9-2)10-11(5,7)8/h3H,1-2H3. The van der Waals surface area contributed by atoms with Gasteiger partial charge in [0.25, 0.3) is 0 Å². The van der Waals surface area contributed by atoms with Crippen LogP contribution in [0, 0.1) is 0 Å². The Balaban J connectivity index is 4.09. The molecule has 1 unspecified atom stereocenters. The number of esters is 1. The van der Waals surface area contributed by atoms with Gasteiger partial charge in [-0.15, -0.1) is 0 Å². The molecule has 0 aliphatic rings. The van der Waals surface area contributed by atoms with Crippen LogP contribution in [0.1, 0.15) is 6.92 Å². The molecule has 0 saturated heterocycles. The third kappa shape index (κ3) is 5.00. The van der Waals surface area contributed by atoms with E-state index in [0.717, 1.165) is 7.11 Å². The first-order valence-corrected chi connectivity index (χ1v) is 4.81. The first-order valence-electron chi connectivity index (χ1n) is 2.57. The molecule has 0 amide bonds. The van der Waals surface area contributed by atoms with Crippen molar-refractivity contribution in [3.8, 4) is 0 Å². The molecule has 0 spiro atoms. The van der Waals surface area contributed by atoms with Crippen molar-refractivity contribution in [2.24, 2.45) is 0 Å². The molecule has 5 nitrogen and oxygen atoms in total. The fraction of sp³-hybridized carbons (Fsp3) is 0.750. The number of carbonyl (C=O) groups is 1. The highest BCUT2D eigenvalue weighted by molar-refractivity contribution is 8.10. The van der Waals surface area contributed by atoms with Crippen LogP contribution in [0.3, 0.4) is 0 Å². The van der Waals surface area contributed by atoms with Crippen molar-refractivity contribution in [2.75, 3.05) is 7.11 Å². The van der Waals surface area contributed by atoms with Crippen LogP contribution < -0.4 is 0 Å². The van der Waals surface area contributed by atoms with Gasteiger partial charge in [-0.05, 0) is 6.92 Å². The van der Waals surface area contributed by atoms with Gasteiger partial charge in [-0.3, -0.25) is 0 Å². The predicted octanol–water partition coefficient (Wildman–Crippen LogP) is 0.0481. The van der Waals surface area contributed by atoms with E-state index in [-0.39, 0.29) is 0 Å². The predicted molar refractivity (Wildman–Crippen MR) is 37.3 cm³/mol. The average molecular weight is 203 g/mol. The summed E-state index contributed by atoms with van der Waals surface area (Å²) < 4.78 is 28.6. The van der Waals surface area contributed by atoms with Crippen molar-refractivity contribution in [3.63, 3.8) is 0 Å². The summed E-state index contributed by atoms with van der Waals surface area (Å²) in [5, 5.41) is 0. The first-order chi connectivity index (χ1) is 4.87. The molecule has 0 aromatic heterocycles. The van der Waals surface area contributed by atoms with Crippen molar-refractivity contribution in [1.29, 1.82) is 0 Å². The minimum Gasteiger partial charge on any atom is -0.467 e. The van der Waals surface area contributed by atoms with E-state index in [1.165, 1.54) is 6.92 Å². The van der Waals surface area contributed by atoms with E-state index >= 15 is 0 Å². The SMILES string of the molecule is COC(=O)C(C)OS(=O)(=O)Cl. The lowest BCUT2D eigenvalue weighted by molar-refractivity contribution is -0.147. The molecule has 0 radical (unpaired) electrons. The summed E-state index contributed by atoms with van der Waals surface area (Å²) in [4.78, 5) is 10.5. The van der Waals surface area contributed by atoms with Gasteiger partial charge < -0.3 is 4.74 Å². The highest BCUT2D eigenvalue weighted by Crippen LogP contribution is 2.04. The molecule has 0 aliphatic carbocycles. The Kier molecular flexibility index (Phi) is 3.77. The number of rotatable bonds is 3. The molecule has 0 bridgehead atoms. The van der Waals surface area contributed by atoms with Crippen LogP contribution in [0.4, 0.5) is 0 Å². The molecule has 0 aromatic rings. The zero-order valence-corrected chi connectivity index (χ0v) is 7.48. The highest BCUT2D eigenvalue weighted by atomic mass is 35.7. The Labute approximate surface area is 68.9 Å². The largest absolute Gasteiger partial charge is 0.467 e. The number of carbonyl (C=O) groups excluding carboxylic acids is 1. The van der Waals surface area contributed by atoms with Crippen LogP contribution in [0.5, 0.6) is 0 Å². The van der Waals surface area contributed by atoms with E-state index in [1.807, 2.05) is 0 Å². The molecule has 0 heterocycles. The third-order valence-corrected chi connectivity index (χ3v) is 1.53. The number of hydrogen-bond donors (Lipinski definition) is 0. The van der Waals surface area contributed by atoms with Crippen LogP contribution in [0.25, 0.3) is 0 Å². The maximum atomic E-state index is 10.5. The second-order valence-corrected chi connectivity index (χ2v) is 3.77. The average Bonchev–Trinajstić information content (AvgIpc) is 1.82. The lowest BCUT2D eigenvalue weighted by atomic mass is 10.4. The summed E-state index contributed by atoms with van der Waals surface area (Å²) in [7, 11) is 1.68. The number of halogens is 1. The first kappa shape index (κ1) is 10.7. The smallest absolute Gasteiger partial charge is 0.356 e. The molecule has 0 saturated carbocycles. The van der Waals surface area contributed by atoms with Gasteiger partial charge in [-0.25, -0.2) is 8.98 Å². The van der Waals surface area contributed by atoms with E-state index < -0.39 is 21.4 Å².